The second-order valence-corrected chi connectivity index (χ2v) is 4.94. The quantitative estimate of drug-likeness (QED) is 0.710. The number of hydrogen-bond acceptors (Lipinski definition) is 5. The topological polar surface area (TPSA) is 82.0 Å². The number of aliphatic hydroxyl groups is 1. The van der Waals surface area contributed by atoms with E-state index in [9.17, 15) is 19.4 Å². The van der Waals surface area contributed by atoms with Gasteiger partial charge >= 0.3 is 0 Å². The van der Waals surface area contributed by atoms with Gasteiger partial charge in [-0.2, -0.15) is 0 Å². The van der Waals surface area contributed by atoms with E-state index in [1.165, 1.54) is 0 Å². The molecule has 1 saturated heterocycles. The van der Waals surface area contributed by atoms with Crippen molar-refractivity contribution in [3.05, 3.63) is 29.6 Å². The van der Waals surface area contributed by atoms with Gasteiger partial charge in [0.2, 0.25) is 0 Å². The highest BCUT2D eigenvalue weighted by Gasteiger charge is 2.17. The Kier molecular flexibility index (Phi) is 5.49. The molecule has 0 unspecified atom stereocenters. The summed E-state index contributed by atoms with van der Waals surface area (Å²) in [5, 5.41) is 21.9. The first-order valence-corrected chi connectivity index (χ1v) is 6.81. The number of phenols is 1. The summed E-state index contributed by atoms with van der Waals surface area (Å²) in [6.45, 7) is 3.22. The normalized spacial score (nSPS) is 17.4. The number of nitrogens with one attached hydrogen (secondary N) is 1. The van der Waals surface area contributed by atoms with Crippen LogP contribution >= 0.6 is 0 Å². The molecule has 0 aromatic heterocycles. The zero-order chi connectivity index (χ0) is 15.2. The lowest BCUT2D eigenvalue weighted by molar-refractivity contribution is 0.0149. The Labute approximate surface area is 122 Å². The van der Waals surface area contributed by atoms with E-state index in [4.69, 9.17) is 4.74 Å². The number of nitrogens with zero attached hydrogens (tertiary/aromatic N) is 1. The highest BCUT2D eigenvalue weighted by atomic mass is 19.1. The van der Waals surface area contributed by atoms with Crippen LogP contribution in [0.3, 0.4) is 0 Å². The van der Waals surface area contributed by atoms with Crippen LogP contribution in [0.15, 0.2) is 18.2 Å². The minimum atomic E-state index is -0.734. The maximum Gasteiger partial charge on any atom is 0.255 e. The Hall–Kier alpha value is -1.70. The van der Waals surface area contributed by atoms with Crippen LogP contribution in [0.1, 0.15) is 10.4 Å². The van der Waals surface area contributed by atoms with Crippen LogP contribution in [0, 0.1) is 5.82 Å². The number of carbonyl (C=O) groups excluding carboxylic acids is 1. The number of amides is 1. The molecular formula is C14H19FN2O4. The standard InChI is InChI=1S/C14H19FN2O4/c15-10-1-2-13(19)12(7-10)14(20)16-8-11(18)9-17-3-5-21-6-4-17/h1-2,7,11,18-19H,3-6,8-9H2,(H,16,20)/t11-/m0/s1. The van der Waals surface area contributed by atoms with Gasteiger partial charge in [0.05, 0.1) is 24.9 Å². The molecule has 0 bridgehead atoms. The molecule has 116 valence electrons. The monoisotopic (exact) mass is 298 g/mol. The van der Waals surface area contributed by atoms with E-state index in [0.717, 1.165) is 31.3 Å². The van der Waals surface area contributed by atoms with Crippen molar-refractivity contribution in [2.75, 3.05) is 39.4 Å². The van der Waals surface area contributed by atoms with Crippen molar-refractivity contribution in [3.63, 3.8) is 0 Å². The number of phenolic OH excluding ortho intramolecular Hbond substituents is 1. The van der Waals surface area contributed by atoms with Crippen molar-refractivity contribution < 1.29 is 24.1 Å². The second-order valence-electron chi connectivity index (χ2n) is 4.94. The fourth-order valence-electron chi connectivity index (χ4n) is 2.14. The average molecular weight is 298 g/mol. The van der Waals surface area contributed by atoms with Gasteiger partial charge in [-0.05, 0) is 18.2 Å². The first-order chi connectivity index (χ1) is 10.1. The molecular weight excluding hydrogens is 279 g/mol. The fourth-order valence-corrected chi connectivity index (χ4v) is 2.14. The number of morpholine rings is 1. The van der Waals surface area contributed by atoms with Crippen LogP contribution in [-0.4, -0.2) is 66.5 Å². The third kappa shape index (κ3) is 4.66. The molecule has 1 aliphatic rings. The molecule has 7 heteroatoms. The smallest absolute Gasteiger partial charge is 0.255 e. The molecule has 1 heterocycles. The van der Waals surface area contributed by atoms with Crippen molar-refractivity contribution in [1.29, 1.82) is 0 Å². The van der Waals surface area contributed by atoms with Gasteiger partial charge < -0.3 is 20.3 Å². The third-order valence-corrected chi connectivity index (χ3v) is 3.27. The number of carbonyl (C=O) groups is 1. The summed E-state index contributed by atoms with van der Waals surface area (Å²) >= 11 is 0. The highest BCUT2D eigenvalue weighted by molar-refractivity contribution is 5.96. The van der Waals surface area contributed by atoms with Crippen molar-refractivity contribution in [3.8, 4) is 5.75 Å². The number of aliphatic hydroxyl groups excluding tert-OH is 1. The third-order valence-electron chi connectivity index (χ3n) is 3.27. The van der Waals surface area contributed by atoms with Gasteiger partial charge in [0.25, 0.3) is 5.91 Å². The predicted molar refractivity (Wildman–Crippen MR) is 73.7 cm³/mol. The van der Waals surface area contributed by atoms with E-state index >= 15 is 0 Å². The van der Waals surface area contributed by atoms with E-state index in [1.54, 1.807) is 0 Å². The lowest BCUT2D eigenvalue weighted by Gasteiger charge is -2.28. The van der Waals surface area contributed by atoms with Crippen molar-refractivity contribution in [2.24, 2.45) is 0 Å². The summed E-state index contributed by atoms with van der Waals surface area (Å²) in [6.07, 6.45) is -0.734. The first-order valence-electron chi connectivity index (χ1n) is 6.81. The van der Waals surface area contributed by atoms with E-state index < -0.39 is 17.8 Å². The van der Waals surface area contributed by atoms with Gasteiger partial charge in [-0.1, -0.05) is 0 Å². The van der Waals surface area contributed by atoms with Crippen LogP contribution in [0.2, 0.25) is 0 Å². The SMILES string of the molecule is O=C(NC[C@H](O)CN1CCOCC1)c1cc(F)ccc1O. The molecule has 0 radical (unpaired) electrons. The van der Waals surface area contributed by atoms with E-state index in [0.29, 0.717) is 19.8 Å². The second kappa shape index (κ2) is 7.35. The molecule has 1 fully saturated rings. The zero-order valence-corrected chi connectivity index (χ0v) is 11.6. The average Bonchev–Trinajstić information content (AvgIpc) is 2.48. The lowest BCUT2D eigenvalue weighted by atomic mass is 10.2. The maximum absolute atomic E-state index is 13.1. The summed E-state index contributed by atoms with van der Waals surface area (Å²) in [5.74, 6) is -1.52. The number of β-amino-alcohol motifs (C(OH)–C–C–N with tert-alkyl or cyclic N) is 1. The van der Waals surface area contributed by atoms with Crippen LogP contribution in [0.4, 0.5) is 4.39 Å². The van der Waals surface area contributed by atoms with E-state index in [2.05, 4.69) is 5.32 Å². The van der Waals surface area contributed by atoms with Crippen LogP contribution in [-0.2, 0) is 4.74 Å². The molecule has 0 spiro atoms. The molecule has 0 aliphatic carbocycles. The van der Waals surface area contributed by atoms with Gasteiger partial charge in [-0.15, -0.1) is 0 Å². The number of hydrogen-bond donors (Lipinski definition) is 3. The lowest BCUT2D eigenvalue weighted by Crippen LogP contribution is -2.44. The number of halogens is 1. The fraction of sp³-hybridized carbons (Fsp3) is 0.500. The molecule has 1 aromatic rings. The Bertz CT molecular complexity index is 492. The van der Waals surface area contributed by atoms with E-state index in [1.807, 2.05) is 4.90 Å². The molecule has 6 nitrogen and oxygen atoms in total. The summed E-state index contributed by atoms with van der Waals surface area (Å²) in [7, 11) is 0. The number of aromatic hydroxyl groups is 1. The molecule has 1 atom stereocenters. The number of rotatable bonds is 5. The Balaban J connectivity index is 1.81. The minimum Gasteiger partial charge on any atom is -0.507 e. The molecule has 3 N–H and O–H groups in total. The van der Waals surface area contributed by atoms with Crippen LogP contribution < -0.4 is 5.32 Å². The maximum atomic E-state index is 13.1. The van der Waals surface area contributed by atoms with Gasteiger partial charge in [0.1, 0.15) is 11.6 Å². The number of benzene rings is 1. The summed E-state index contributed by atoms with van der Waals surface area (Å²) < 4.78 is 18.3. The van der Waals surface area contributed by atoms with Gasteiger partial charge in [0.15, 0.2) is 0 Å². The summed E-state index contributed by atoms with van der Waals surface area (Å²) in [6, 6.07) is 3.15. The molecule has 21 heavy (non-hydrogen) atoms. The van der Waals surface area contributed by atoms with Crippen molar-refractivity contribution in [1.82, 2.24) is 10.2 Å². The van der Waals surface area contributed by atoms with Crippen LogP contribution in [0.5, 0.6) is 5.75 Å². The van der Waals surface area contributed by atoms with Gasteiger partial charge in [-0.25, -0.2) is 4.39 Å². The molecule has 2 rings (SSSR count). The zero-order valence-electron chi connectivity index (χ0n) is 11.6. The minimum absolute atomic E-state index is 0.0339. The van der Waals surface area contributed by atoms with Gasteiger partial charge in [0, 0.05) is 26.2 Å². The summed E-state index contributed by atoms with van der Waals surface area (Å²) in [5.41, 5.74) is -0.145. The molecule has 1 aliphatic heterocycles. The first kappa shape index (κ1) is 15.7. The largest absolute Gasteiger partial charge is 0.507 e. The Morgan fingerprint density at radius 2 is 2.14 bits per heavy atom. The van der Waals surface area contributed by atoms with Crippen molar-refractivity contribution >= 4 is 5.91 Å². The predicted octanol–water partition coefficient (Wildman–Crippen LogP) is -0.0458. The van der Waals surface area contributed by atoms with E-state index in [-0.39, 0.29) is 17.9 Å². The molecule has 1 aromatic carbocycles. The van der Waals surface area contributed by atoms with Crippen LogP contribution in [0.25, 0.3) is 0 Å². The van der Waals surface area contributed by atoms with Crippen molar-refractivity contribution in [2.45, 2.75) is 6.10 Å². The number of ether oxygens (including phenoxy) is 1. The van der Waals surface area contributed by atoms with Gasteiger partial charge in [-0.3, -0.25) is 9.69 Å². The molecule has 0 saturated carbocycles. The Morgan fingerprint density at radius 1 is 1.43 bits per heavy atom. The molecule has 1 amide bonds. The summed E-state index contributed by atoms with van der Waals surface area (Å²) in [4.78, 5) is 13.9. The Morgan fingerprint density at radius 3 is 2.86 bits per heavy atom. The highest BCUT2D eigenvalue weighted by Crippen LogP contribution is 2.17.